The van der Waals surface area contributed by atoms with Crippen LogP contribution >= 0.6 is 0 Å². The van der Waals surface area contributed by atoms with Crippen LogP contribution in [0.15, 0.2) is 18.3 Å². The monoisotopic (exact) mass is 231 g/mol. The Morgan fingerprint density at radius 3 is 3.18 bits per heavy atom. The molecule has 1 aliphatic rings. The third-order valence-corrected chi connectivity index (χ3v) is 3.46. The van der Waals surface area contributed by atoms with E-state index in [0.717, 1.165) is 43.2 Å². The highest BCUT2D eigenvalue weighted by molar-refractivity contribution is 5.50. The number of rotatable bonds is 2. The summed E-state index contributed by atoms with van der Waals surface area (Å²) >= 11 is 0. The molecule has 17 heavy (non-hydrogen) atoms. The lowest BCUT2D eigenvalue weighted by molar-refractivity contribution is 0.352. The zero-order valence-electron chi connectivity index (χ0n) is 10.0. The van der Waals surface area contributed by atoms with Gasteiger partial charge in [-0.1, -0.05) is 6.92 Å². The Bertz CT molecular complexity index is 533. The number of nitrogens with zero attached hydrogens (tertiary/aromatic N) is 4. The molecule has 2 aromatic rings. The quantitative estimate of drug-likeness (QED) is 0.841. The van der Waals surface area contributed by atoms with Crippen molar-refractivity contribution >= 4 is 11.3 Å². The van der Waals surface area contributed by atoms with Gasteiger partial charge in [0.2, 0.25) is 0 Å². The van der Waals surface area contributed by atoms with Crippen LogP contribution in [0.5, 0.6) is 0 Å². The van der Waals surface area contributed by atoms with Gasteiger partial charge >= 0.3 is 0 Å². The number of pyridine rings is 1. The number of likely N-dealkylation sites (tertiary alicyclic amines) is 1. The summed E-state index contributed by atoms with van der Waals surface area (Å²) in [4.78, 5) is 7.00. The van der Waals surface area contributed by atoms with Crippen molar-refractivity contribution in [1.29, 1.82) is 0 Å². The van der Waals surface area contributed by atoms with Crippen molar-refractivity contribution in [3.63, 3.8) is 0 Å². The summed E-state index contributed by atoms with van der Waals surface area (Å²) in [6.07, 6.45) is 3.02. The summed E-state index contributed by atoms with van der Waals surface area (Å²) in [7, 11) is 0. The molecule has 5 heteroatoms. The maximum absolute atomic E-state index is 5.74. The van der Waals surface area contributed by atoms with E-state index in [9.17, 15) is 0 Å². The van der Waals surface area contributed by atoms with Gasteiger partial charge in [-0.15, -0.1) is 0 Å². The number of hydrogen-bond acceptors (Lipinski definition) is 4. The molecule has 0 aromatic carbocycles. The van der Waals surface area contributed by atoms with Crippen LogP contribution in [-0.2, 0) is 0 Å². The number of likely N-dealkylation sites (N-methyl/N-ethyl adjacent to an activating group) is 1. The lowest BCUT2D eigenvalue weighted by atomic mass is 10.1. The number of nitrogen functional groups attached to an aromatic ring is 1. The van der Waals surface area contributed by atoms with Crippen molar-refractivity contribution in [3.05, 3.63) is 24.2 Å². The molecule has 1 fully saturated rings. The highest BCUT2D eigenvalue weighted by atomic mass is 15.3. The molecule has 0 radical (unpaired) electrons. The van der Waals surface area contributed by atoms with Crippen molar-refractivity contribution in [2.24, 2.45) is 0 Å². The minimum Gasteiger partial charge on any atom is -0.399 e. The van der Waals surface area contributed by atoms with Crippen LogP contribution in [0.2, 0.25) is 0 Å². The topological polar surface area (TPSA) is 59.5 Å². The summed E-state index contributed by atoms with van der Waals surface area (Å²) in [5, 5.41) is 4.53. The SMILES string of the molecule is CCN1CCC(c2nc3cc(N)ccn3n2)C1. The molecule has 3 rings (SSSR count). The van der Waals surface area contributed by atoms with E-state index in [-0.39, 0.29) is 0 Å². The third-order valence-electron chi connectivity index (χ3n) is 3.46. The third kappa shape index (κ3) is 1.86. The van der Waals surface area contributed by atoms with Crippen LogP contribution in [0.25, 0.3) is 5.65 Å². The molecule has 1 unspecified atom stereocenters. The summed E-state index contributed by atoms with van der Waals surface area (Å²) in [5.74, 6) is 1.42. The van der Waals surface area contributed by atoms with E-state index in [1.54, 1.807) is 4.52 Å². The Hall–Kier alpha value is -1.62. The Kier molecular flexibility index (Phi) is 2.48. The fraction of sp³-hybridized carbons (Fsp3) is 0.500. The van der Waals surface area contributed by atoms with Crippen molar-refractivity contribution in [2.75, 3.05) is 25.4 Å². The Balaban J connectivity index is 1.91. The molecule has 2 aromatic heterocycles. The second-order valence-corrected chi connectivity index (χ2v) is 4.61. The highest BCUT2D eigenvalue weighted by Crippen LogP contribution is 2.24. The van der Waals surface area contributed by atoms with Gasteiger partial charge in [0.25, 0.3) is 0 Å². The molecule has 0 aliphatic carbocycles. The van der Waals surface area contributed by atoms with Gasteiger partial charge in [0, 0.05) is 30.4 Å². The van der Waals surface area contributed by atoms with Crippen LogP contribution in [0.1, 0.15) is 25.1 Å². The molecule has 5 nitrogen and oxygen atoms in total. The zero-order valence-corrected chi connectivity index (χ0v) is 10.0. The molecule has 0 saturated carbocycles. The first-order chi connectivity index (χ1) is 8.26. The van der Waals surface area contributed by atoms with Crippen LogP contribution in [-0.4, -0.2) is 39.1 Å². The average molecular weight is 231 g/mol. The van der Waals surface area contributed by atoms with Crippen LogP contribution in [0.3, 0.4) is 0 Å². The van der Waals surface area contributed by atoms with Gasteiger partial charge in [-0.2, -0.15) is 5.10 Å². The van der Waals surface area contributed by atoms with Gasteiger partial charge < -0.3 is 10.6 Å². The molecular weight excluding hydrogens is 214 g/mol. The van der Waals surface area contributed by atoms with E-state index in [4.69, 9.17) is 5.73 Å². The molecule has 90 valence electrons. The van der Waals surface area contributed by atoms with Crippen LogP contribution in [0, 0.1) is 0 Å². The Morgan fingerprint density at radius 1 is 1.53 bits per heavy atom. The first-order valence-electron chi connectivity index (χ1n) is 6.10. The lowest BCUT2D eigenvalue weighted by Crippen LogP contribution is -2.19. The molecule has 1 atom stereocenters. The minimum atomic E-state index is 0.469. The van der Waals surface area contributed by atoms with E-state index in [0.29, 0.717) is 5.92 Å². The Morgan fingerprint density at radius 2 is 2.41 bits per heavy atom. The summed E-state index contributed by atoms with van der Waals surface area (Å²) in [5.41, 5.74) is 7.32. The fourth-order valence-electron chi connectivity index (χ4n) is 2.42. The molecule has 0 bridgehead atoms. The first kappa shape index (κ1) is 10.5. The molecule has 1 saturated heterocycles. The highest BCUT2D eigenvalue weighted by Gasteiger charge is 2.25. The summed E-state index contributed by atoms with van der Waals surface area (Å²) in [6.45, 7) is 5.53. The lowest BCUT2D eigenvalue weighted by Gasteiger charge is -2.10. The number of aromatic nitrogens is 3. The van der Waals surface area contributed by atoms with Gasteiger partial charge in [-0.05, 0) is 25.6 Å². The van der Waals surface area contributed by atoms with E-state index in [2.05, 4.69) is 21.9 Å². The van der Waals surface area contributed by atoms with Crippen molar-refractivity contribution in [2.45, 2.75) is 19.3 Å². The predicted molar refractivity (Wildman–Crippen MR) is 66.9 cm³/mol. The van der Waals surface area contributed by atoms with E-state index < -0.39 is 0 Å². The molecule has 3 heterocycles. The smallest absolute Gasteiger partial charge is 0.157 e. The minimum absolute atomic E-state index is 0.469. The average Bonchev–Trinajstić information content (AvgIpc) is 2.93. The number of hydrogen-bond donors (Lipinski definition) is 1. The van der Waals surface area contributed by atoms with Crippen LogP contribution in [0.4, 0.5) is 5.69 Å². The van der Waals surface area contributed by atoms with Crippen LogP contribution < -0.4 is 5.73 Å². The maximum atomic E-state index is 5.74. The molecular formula is C12H17N5. The number of nitrogens with two attached hydrogens (primary N) is 1. The van der Waals surface area contributed by atoms with Crippen molar-refractivity contribution < 1.29 is 0 Å². The predicted octanol–water partition coefficient (Wildman–Crippen LogP) is 1.12. The zero-order chi connectivity index (χ0) is 11.8. The normalized spacial score (nSPS) is 21.4. The number of fused-ring (bicyclic) bond motifs is 1. The van der Waals surface area contributed by atoms with Crippen molar-refractivity contribution in [3.8, 4) is 0 Å². The van der Waals surface area contributed by atoms with Gasteiger partial charge in [0.1, 0.15) is 0 Å². The summed E-state index contributed by atoms with van der Waals surface area (Å²) in [6, 6.07) is 3.71. The van der Waals surface area contributed by atoms with Gasteiger partial charge in [0.05, 0.1) is 0 Å². The van der Waals surface area contributed by atoms with E-state index >= 15 is 0 Å². The Labute approximate surface area is 100 Å². The van der Waals surface area contributed by atoms with Gasteiger partial charge in [-0.3, -0.25) is 0 Å². The molecule has 0 amide bonds. The van der Waals surface area contributed by atoms with Crippen molar-refractivity contribution in [1.82, 2.24) is 19.5 Å². The standard InChI is InChI=1S/C12H17N5/c1-2-16-5-3-9(8-16)12-14-11-7-10(13)4-6-17(11)15-12/h4,6-7,9H,2-3,5,8,13H2,1H3. The fourth-order valence-corrected chi connectivity index (χ4v) is 2.42. The van der Waals surface area contributed by atoms with Gasteiger partial charge in [-0.25, -0.2) is 9.50 Å². The number of anilines is 1. The second kappa shape index (κ2) is 4.00. The second-order valence-electron chi connectivity index (χ2n) is 4.61. The van der Waals surface area contributed by atoms with E-state index in [1.165, 1.54) is 0 Å². The first-order valence-corrected chi connectivity index (χ1v) is 6.10. The molecule has 0 spiro atoms. The van der Waals surface area contributed by atoms with Gasteiger partial charge in [0.15, 0.2) is 11.5 Å². The van der Waals surface area contributed by atoms with E-state index in [1.807, 2.05) is 18.3 Å². The largest absolute Gasteiger partial charge is 0.399 e. The maximum Gasteiger partial charge on any atom is 0.157 e. The molecule has 1 aliphatic heterocycles. The summed E-state index contributed by atoms with van der Waals surface area (Å²) < 4.78 is 1.81. The molecule has 2 N–H and O–H groups in total.